The van der Waals surface area contributed by atoms with E-state index in [0.29, 0.717) is 16.3 Å². The summed E-state index contributed by atoms with van der Waals surface area (Å²) in [6.45, 7) is -0.424. The molecule has 1 aromatic heterocycles. The summed E-state index contributed by atoms with van der Waals surface area (Å²) in [5, 5.41) is 22.5. The van der Waals surface area contributed by atoms with Gasteiger partial charge in [-0.1, -0.05) is 29.8 Å². The highest BCUT2D eigenvalue weighted by molar-refractivity contribution is 6.30. The van der Waals surface area contributed by atoms with Crippen molar-refractivity contribution in [3.8, 4) is 11.3 Å². The highest BCUT2D eigenvalue weighted by Crippen LogP contribution is 2.41. The standard InChI is InChI=1S/C25H24ClF3N4O3/c26-16-3-1-2-13(8-16)20(12-34)33-24(36)17-5-4-15(9-18(17)27)22-23(30)31-11-19(32-22)14-6-7-25(28,29)21(35)10-14/h1-5,8-9,11,14,20-21,34-35H,6-7,10,12H2,(H2,30,31)(H,33,36)/t14-,20?,21+/m0/s1. The normalized spacial score (nSPS) is 20.1. The third-order valence-corrected chi connectivity index (χ3v) is 6.52. The number of nitrogen functional groups attached to an aromatic ring is 1. The van der Waals surface area contributed by atoms with Crippen LogP contribution in [0.15, 0.2) is 48.7 Å². The summed E-state index contributed by atoms with van der Waals surface area (Å²) in [5.74, 6) is -5.21. The number of carbonyl (C=O) groups is 1. The lowest BCUT2D eigenvalue weighted by Gasteiger charge is -2.32. The smallest absolute Gasteiger partial charge is 0.273 e. The molecule has 5 N–H and O–H groups in total. The van der Waals surface area contributed by atoms with Crippen molar-refractivity contribution in [3.63, 3.8) is 0 Å². The summed E-state index contributed by atoms with van der Waals surface area (Å²) in [6.07, 6.45) is -0.986. The zero-order valence-electron chi connectivity index (χ0n) is 19.0. The van der Waals surface area contributed by atoms with Crippen molar-refractivity contribution in [1.29, 1.82) is 0 Å². The molecule has 3 aromatic rings. The number of hydrogen-bond acceptors (Lipinski definition) is 6. The van der Waals surface area contributed by atoms with Crippen molar-refractivity contribution in [1.82, 2.24) is 15.3 Å². The van der Waals surface area contributed by atoms with Crippen LogP contribution in [0.3, 0.4) is 0 Å². The lowest BCUT2D eigenvalue weighted by Crippen LogP contribution is -2.39. The van der Waals surface area contributed by atoms with Crippen LogP contribution in [0.25, 0.3) is 11.3 Å². The van der Waals surface area contributed by atoms with E-state index in [1.165, 1.54) is 18.3 Å². The van der Waals surface area contributed by atoms with Crippen LogP contribution in [0.2, 0.25) is 5.02 Å². The first kappa shape index (κ1) is 25.9. The largest absolute Gasteiger partial charge is 0.394 e. The molecular weight excluding hydrogens is 497 g/mol. The van der Waals surface area contributed by atoms with E-state index in [4.69, 9.17) is 17.3 Å². The molecule has 0 radical (unpaired) electrons. The molecule has 4 rings (SSSR count). The fourth-order valence-electron chi connectivity index (χ4n) is 4.22. The maximum atomic E-state index is 15.0. The summed E-state index contributed by atoms with van der Waals surface area (Å²) < 4.78 is 42.3. The van der Waals surface area contributed by atoms with Gasteiger partial charge in [0.15, 0.2) is 0 Å². The molecule has 1 amide bonds. The van der Waals surface area contributed by atoms with E-state index in [9.17, 15) is 28.2 Å². The number of nitrogens with one attached hydrogen (secondary N) is 1. The van der Waals surface area contributed by atoms with Crippen LogP contribution in [0.1, 0.15) is 52.8 Å². The Kier molecular flexibility index (Phi) is 7.49. The van der Waals surface area contributed by atoms with Crippen LogP contribution in [0.4, 0.5) is 19.0 Å². The summed E-state index contributed by atoms with van der Waals surface area (Å²) in [7, 11) is 0. The Morgan fingerprint density at radius 2 is 2.06 bits per heavy atom. The molecule has 11 heteroatoms. The molecule has 0 saturated heterocycles. The maximum absolute atomic E-state index is 15.0. The molecule has 3 atom stereocenters. The van der Waals surface area contributed by atoms with Gasteiger partial charge >= 0.3 is 0 Å². The number of aliphatic hydroxyl groups is 2. The van der Waals surface area contributed by atoms with Crippen LogP contribution in [0.5, 0.6) is 0 Å². The van der Waals surface area contributed by atoms with E-state index in [2.05, 4.69) is 15.3 Å². The molecule has 1 heterocycles. The number of alkyl halides is 2. The van der Waals surface area contributed by atoms with E-state index >= 15 is 0 Å². The van der Waals surface area contributed by atoms with Gasteiger partial charge in [0.25, 0.3) is 11.8 Å². The second kappa shape index (κ2) is 10.4. The van der Waals surface area contributed by atoms with Crippen LogP contribution < -0.4 is 11.1 Å². The van der Waals surface area contributed by atoms with Gasteiger partial charge in [-0.25, -0.2) is 23.1 Å². The number of aliphatic hydroxyl groups excluding tert-OH is 2. The Labute approximate surface area is 210 Å². The van der Waals surface area contributed by atoms with E-state index in [1.807, 2.05) is 0 Å². The molecule has 1 fully saturated rings. The van der Waals surface area contributed by atoms with E-state index in [1.54, 1.807) is 24.3 Å². The second-order valence-electron chi connectivity index (χ2n) is 8.74. The quantitative estimate of drug-likeness (QED) is 0.385. The first-order chi connectivity index (χ1) is 17.1. The summed E-state index contributed by atoms with van der Waals surface area (Å²) in [5.41, 5.74) is 6.98. The van der Waals surface area contributed by atoms with Gasteiger partial charge in [-0.2, -0.15) is 0 Å². The van der Waals surface area contributed by atoms with Gasteiger partial charge in [-0.05, 0) is 42.7 Å². The van der Waals surface area contributed by atoms with Gasteiger partial charge in [0.1, 0.15) is 23.4 Å². The lowest BCUT2D eigenvalue weighted by molar-refractivity contribution is -0.135. The molecule has 1 saturated carbocycles. The number of carbonyl (C=O) groups excluding carboxylic acids is 1. The van der Waals surface area contributed by atoms with Gasteiger partial charge in [-0.15, -0.1) is 0 Å². The van der Waals surface area contributed by atoms with Crippen LogP contribution >= 0.6 is 11.6 Å². The number of anilines is 1. The van der Waals surface area contributed by atoms with Crippen molar-refractivity contribution in [2.24, 2.45) is 0 Å². The van der Waals surface area contributed by atoms with Crippen LogP contribution in [0, 0.1) is 5.82 Å². The average Bonchev–Trinajstić information content (AvgIpc) is 2.84. The first-order valence-electron chi connectivity index (χ1n) is 11.2. The Morgan fingerprint density at radius 1 is 1.28 bits per heavy atom. The molecule has 7 nitrogen and oxygen atoms in total. The topological polar surface area (TPSA) is 121 Å². The SMILES string of the molecule is Nc1ncc([C@H]2CCC(F)(F)[C@H](O)C2)nc1-c1ccc(C(=O)NC(CO)c2cccc(Cl)c2)c(F)c1. The number of nitrogens with two attached hydrogens (primary N) is 1. The van der Waals surface area contributed by atoms with Crippen molar-refractivity contribution < 1.29 is 28.2 Å². The van der Waals surface area contributed by atoms with Gasteiger partial charge in [-0.3, -0.25) is 4.79 Å². The van der Waals surface area contributed by atoms with Gasteiger partial charge in [0.05, 0.1) is 30.1 Å². The number of aromatic nitrogens is 2. The number of benzene rings is 2. The van der Waals surface area contributed by atoms with Crippen LogP contribution in [-0.2, 0) is 0 Å². The summed E-state index contributed by atoms with van der Waals surface area (Å²) in [4.78, 5) is 21.2. The minimum Gasteiger partial charge on any atom is -0.394 e. The monoisotopic (exact) mass is 520 g/mol. The predicted octanol–water partition coefficient (Wildman–Crippen LogP) is 4.25. The average molecular weight is 521 g/mol. The van der Waals surface area contributed by atoms with Gasteiger partial charge in [0.2, 0.25) is 0 Å². The van der Waals surface area contributed by atoms with Crippen molar-refractivity contribution in [2.75, 3.05) is 12.3 Å². The molecule has 190 valence electrons. The molecule has 2 aromatic carbocycles. The molecule has 0 bridgehead atoms. The zero-order valence-corrected chi connectivity index (χ0v) is 19.7. The molecule has 1 aliphatic rings. The lowest BCUT2D eigenvalue weighted by atomic mass is 9.83. The van der Waals surface area contributed by atoms with Gasteiger partial charge < -0.3 is 21.3 Å². The number of amides is 1. The van der Waals surface area contributed by atoms with Gasteiger partial charge in [0, 0.05) is 22.9 Å². The minimum atomic E-state index is -3.15. The number of nitrogens with zero attached hydrogens (tertiary/aromatic N) is 2. The summed E-state index contributed by atoms with van der Waals surface area (Å²) in [6, 6.07) is 9.55. The molecular formula is C25H24ClF3N4O3. The Balaban J connectivity index is 1.55. The van der Waals surface area contributed by atoms with E-state index in [-0.39, 0.29) is 35.5 Å². The molecule has 0 spiro atoms. The Bertz CT molecular complexity index is 1280. The van der Waals surface area contributed by atoms with E-state index < -0.39 is 48.7 Å². The van der Waals surface area contributed by atoms with Crippen molar-refractivity contribution in [3.05, 3.63) is 76.3 Å². The van der Waals surface area contributed by atoms with E-state index in [0.717, 1.165) is 6.07 Å². The molecule has 36 heavy (non-hydrogen) atoms. The van der Waals surface area contributed by atoms with Crippen LogP contribution in [-0.4, -0.2) is 44.7 Å². The highest BCUT2D eigenvalue weighted by Gasteiger charge is 2.44. The molecule has 1 aliphatic carbocycles. The highest BCUT2D eigenvalue weighted by atomic mass is 35.5. The van der Waals surface area contributed by atoms with Crippen molar-refractivity contribution >= 4 is 23.3 Å². The third kappa shape index (κ3) is 5.45. The maximum Gasteiger partial charge on any atom is 0.273 e. The fraction of sp³-hybridized carbons (Fsp3) is 0.320. The number of halogens is 4. The number of hydrogen-bond donors (Lipinski definition) is 4. The summed E-state index contributed by atoms with van der Waals surface area (Å²) >= 11 is 5.97. The molecule has 1 unspecified atom stereocenters. The Morgan fingerprint density at radius 3 is 2.72 bits per heavy atom. The van der Waals surface area contributed by atoms with Crippen molar-refractivity contribution in [2.45, 2.75) is 43.2 Å². The third-order valence-electron chi connectivity index (χ3n) is 6.29. The number of rotatable bonds is 6. The minimum absolute atomic E-state index is 0.00154. The zero-order chi connectivity index (χ0) is 26.0. The fourth-order valence-corrected chi connectivity index (χ4v) is 4.42. The predicted molar refractivity (Wildman–Crippen MR) is 128 cm³/mol. The molecule has 0 aliphatic heterocycles. The first-order valence-corrected chi connectivity index (χ1v) is 11.6. The second-order valence-corrected chi connectivity index (χ2v) is 9.17. The Hall–Kier alpha value is -3.21.